The third-order valence-corrected chi connectivity index (χ3v) is 14.9. The molecule has 2 unspecified atom stereocenters. The molecule has 0 spiro atoms. The van der Waals surface area contributed by atoms with E-state index < -0.39 is 73.2 Å². The number of Topliss-reactive ketones (excluding diaryl/α,β-unsaturated/α-hetero) is 1. The largest absolute Gasteiger partial charge is 0.347 e. The first-order chi connectivity index (χ1) is 23.1. The fourth-order valence-electron chi connectivity index (χ4n) is 8.13. The van der Waals surface area contributed by atoms with E-state index in [1.807, 2.05) is 20.8 Å². The van der Waals surface area contributed by atoms with Crippen molar-refractivity contribution < 1.29 is 32.4 Å². The Kier molecular flexibility index (Phi) is 10.6. The summed E-state index contributed by atoms with van der Waals surface area (Å²) in [6.45, 7) is 15.0. The van der Waals surface area contributed by atoms with Crippen LogP contribution in [0.4, 0.5) is 4.79 Å². The predicted octanol–water partition coefficient (Wildman–Crippen LogP) is 3.62. The van der Waals surface area contributed by atoms with E-state index in [4.69, 9.17) is 0 Å². The lowest BCUT2D eigenvalue weighted by Gasteiger charge is -2.41. The summed E-state index contributed by atoms with van der Waals surface area (Å²) >= 11 is 0. The fraction of sp³-hybridized carbons (Fsp3) is 0.865. The van der Waals surface area contributed by atoms with Gasteiger partial charge in [0.05, 0.1) is 22.1 Å². The van der Waals surface area contributed by atoms with E-state index in [-0.39, 0.29) is 29.0 Å². The zero-order chi connectivity index (χ0) is 37.0. The van der Waals surface area contributed by atoms with Crippen molar-refractivity contribution in [3.05, 3.63) is 0 Å². The molecule has 5 fully saturated rings. The van der Waals surface area contributed by atoms with Crippen LogP contribution in [-0.2, 0) is 29.0 Å². The molecule has 12 nitrogen and oxygen atoms in total. The second-order valence-corrected chi connectivity index (χ2v) is 21.4. The molecule has 1 heterocycles. The Balaban J connectivity index is 1.33. The number of rotatable bonds is 13. The van der Waals surface area contributed by atoms with Crippen molar-refractivity contribution in [2.24, 2.45) is 28.6 Å². The molecule has 4 N–H and O–H groups in total. The number of carbonyl (C=O) groups excluding carboxylic acids is 5. The Bertz CT molecular complexity index is 1470. The van der Waals surface area contributed by atoms with Gasteiger partial charge in [-0.05, 0) is 87.9 Å². The Labute approximate surface area is 298 Å². The Morgan fingerprint density at radius 2 is 1.50 bits per heavy atom. The van der Waals surface area contributed by atoms with E-state index in [1.54, 1.807) is 25.7 Å². The van der Waals surface area contributed by atoms with Gasteiger partial charge >= 0.3 is 6.03 Å². The van der Waals surface area contributed by atoms with Crippen LogP contribution < -0.4 is 21.3 Å². The monoisotopic (exact) mass is 719 g/mol. The molecule has 5 aliphatic rings. The molecule has 0 aromatic rings. The van der Waals surface area contributed by atoms with Crippen LogP contribution in [0.15, 0.2) is 0 Å². The van der Waals surface area contributed by atoms with Crippen molar-refractivity contribution in [1.82, 2.24) is 26.2 Å². The Morgan fingerprint density at radius 3 is 2.04 bits per heavy atom. The number of fused-ring (bicyclic) bond motifs is 1. The van der Waals surface area contributed by atoms with Crippen LogP contribution in [0.25, 0.3) is 0 Å². The Morgan fingerprint density at radius 1 is 0.880 bits per heavy atom. The second-order valence-electron chi connectivity index (χ2n) is 18.7. The number of ketones is 1. The molecule has 4 saturated carbocycles. The zero-order valence-electron chi connectivity index (χ0n) is 31.4. The summed E-state index contributed by atoms with van der Waals surface area (Å²) in [5.41, 5.74) is -1.89. The standard InChI is InChI=1S/C37H61N5O7S/c1-34(2,3)29(40-33(47)41-37(18-10-9-11-19-37)21-50(48,49)35(4,5)6)32(46)42-20-24-26(36(24,7)8)27(42)30(44)39-25(17-14-22-12-13-22)28(43)31(45)38-23-15-16-23/h22-27,29H,9-21H2,1-8H3,(H,38,45)(H,39,44)(H2,40,41,47)/t24?,25-,26?,27+,29-/m1/s1. The number of nitrogens with one attached hydrogen (secondary N) is 4. The van der Waals surface area contributed by atoms with Crippen molar-refractivity contribution in [3.63, 3.8) is 0 Å². The molecule has 1 aliphatic heterocycles. The van der Waals surface area contributed by atoms with Crippen LogP contribution in [-0.4, -0.2) is 89.6 Å². The predicted molar refractivity (Wildman–Crippen MR) is 191 cm³/mol. The molecule has 0 aromatic heterocycles. The maximum atomic E-state index is 14.5. The van der Waals surface area contributed by atoms with Gasteiger partial charge < -0.3 is 26.2 Å². The summed E-state index contributed by atoms with van der Waals surface area (Å²) in [7, 11) is -3.56. The Hall–Kier alpha value is -2.70. The molecule has 5 rings (SSSR count). The minimum absolute atomic E-state index is 0.0112. The third kappa shape index (κ3) is 8.49. The molecule has 5 amide bonds. The van der Waals surface area contributed by atoms with E-state index in [0.717, 1.165) is 51.4 Å². The number of hydrogen-bond acceptors (Lipinski definition) is 7. The van der Waals surface area contributed by atoms with Crippen LogP contribution >= 0.6 is 0 Å². The van der Waals surface area contributed by atoms with Gasteiger partial charge in [0, 0.05) is 12.6 Å². The lowest BCUT2D eigenvalue weighted by Crippen LogP contribution is -2.64. The van der Waals surface area contributed by atoms with Crippen LogP contribution in [0.2, 0.25) is 0 Å². The van der Waals surface area contributed by atoms with Gasteiger partial charge in [0.1, 0.15) is 12.1 Å². The maximum Gasteiger partial charge on any atom is 0.315 e. The number of sulfone groups is 1. The lowest BCUT2D eigenvalue weighted by atomic mass is 9.83. The van der Waals surface area contributed by atoms with Gasteiger partial charge in [-0.3, -0.25) is 19.2 Å². The minimum Gasteiger partial charge on any atom is -0.347 e. The third-order valence-electron chi connectivity index (χ3n) is 12.1. The van der Waals surface area contributed by atoms with E-state index in [0.29, 0.717) is 31.7 Å². The first kappa shape index (κ1) is 38.5. The fourth-order valence-corrected chi connectivity index (χ4v) is 9.65. The van der Waals surface area contributed by atoms with Crippen LogP contribution in [0, 0.1) is 28.6 Å². The van der Waals surface area contributed by atoms with Crippen molar-refractivity contribution in [3.8, 4) is 0 Å². The molecule has 50 heavy (non-hydrogen) atoms. The van der Waals surface area contributed by atoms with Gasteiger partial charge in [0.2, 0.25) is 17.6 Å². The van der Waals surface area contributed by atoms with Gasteiger partial charge in [0.15, 0.2) is 9.84 Å². The van der Waals surface area contributed by atoms with Gasteiger partial charge in [-0.15, -0.1) is 0 Å². The van der Waals surface area contributed by atoms with Gasteiger partial charge in [-0.1, -0.05) is 66.7 Å². The second kappa shape index (κ2) is 13.7. The number of nitrogens with zero attached hydrogens (tertiary/aromatic N) is 1. The highest BCUT2D eigenvalue weighted by molar-refractivity contribution is 7.92. The van der Waals surface area contributed by atoms with Crippen LogP contribution in [0.3, 0.4) is 0 Å². The number of carbonyl (C=O) groups is 5. The van der Waals surface area contributed by atoms with E-state index >= 15 is 0 Å². The molecular formula is C37H61N5O7S. The number of hydrogen-bond donors (Lipinski definition) is 4. The van der Waals surface area contributed by atoms with E-state index in [9.17, 15) is 32.4 Å². The summed E-state index contributed by atoms with van der Waals surface area (Å²) in [4.78, 5) is 70.1. The highest BCUT2D eigenvalue weighted by atomic mass is 32.2. The average Bonchev–Trinajstić information content (AvgIpc) is 3.95. The van der Waals surface area contributed by atoms with E-state index in [2.05, 4.69) is 35.1 Å². The molecule has 282 valence electrons. The normalized spacial score (nSPS) is 27.0. The molecular weight excluding hydrogens is 659 g/mol. The first-order valence-electron chi connectivity index (χ1n) is 18.8. The SMILES string of the molecule is CC1(C)C2CN(C(=O)[C@@H](NC(=O)NC3(CS(=O)(=O)C(C)(C)C)CCCCC3)C(C)(C)C)[C@H](C(=O)N[C@H](CCC3CC3)C(=O)C(=O)NC3CC3)C21. The minimum atomic E-state index is -3.56. The van der Waals surface area contributed by atoms with Crippen LogP contribution in [0.1, 0.15) is 126 Å². The topological polar surface area (TPSA) is 171 Å². The van der Waals surface area contributed by atoms with Gasteiger partial charge in [-0.2, -0.15) is 0 Å². The molecule has 13 heteroatoms. The maximum absolute atomic E-state index is 14.5. The van der Waals surface area contributed by atoms with Crippen molar-refractivity contribution in [1.29, 1.82) is 0 Å². The highest BCUT2D eigenvalue weighted by Gasteiger charge is 2.70. The van der Waals surface area contributed by atoms with Crippen molar-refractivity contribution in [2.75, 3.05) is 12.3 Å². The quantitative estimate of drug-likeness (QED) is 0.211. The van der Waals surface area contributed by atoms with Crippen molar-refractivity contribution >= 4 is 39.4 Å². The molecule has 1 saturated heterocycles. The highest BCUT2D eigenvalue weighted by Crippen LogP contribution is 2.65. The summed E-state index contributed by atoms with van der Waals surface area (Å²) in [6.07, 6.45) is 8.52. The summed E-state index contributed by atoms with van der Waals surface area (Å²) in [5.74, 6) is -1.92. The van der Waals surface area contributed by atoms with Gasteiger partial charge in [-0.25, -0.2) is 13.2 Å². The van der Waals surface area contributed by atoms with Crippen LogP contribution in [0.5, 0.6) is 0 Å². The van der Waals surface area contributed by atoms with Crippen molar-refractivity contribution in [2.45, 2.75) is 160 Å². The molecule has 0 aromatic carbocycles. The first-order valence-corrected chi connectivity index (χ1v) is 20.5. The molecule has 5 atom stereocenters. The average molecular weight is 720 g/mol. The summed E-state index contributed by atoms with van der Waals surface area (Å²) in [5, 5.41) is 11.6. The number of amides is 5. The number of piperidine rings is 1. The lowest BCUT2D eigenvalue weighted by molar-refractivity contribution is -0.145. The number of urea groups is 1. The van der Waals surface area contributed by atoms with Gasteiger partial charge in [0.25, 0.3) is 5.91 Å². The molecule has 4 aliphatic carbocycles. The summed E-state index contributed by atoms with van der Waals surface area (Å²) < 4.78 is 25.7. The molecule has 0 radical (unpaired) electrons. The smallest absolute Gasteiger partial charge is 0.315 e. The molecule has 0 bridgehead atoms. The number of likely N-dealkylation sites (tertiary alicyclic amines) is 1. The summed E-state index contributed by atoms with van der Waals surface area (Å²) in [6, 6.07) is -3.45. The zero-order valence-corrected chi connectivity index (χ0v) is 32.3. The van der Waals surface area contributed by atoms with E-state index in [1.165, 1.54) is 0 Å².